The highest BCUT2D eigenvalue weighted by Crippen LogP contribution is 2.71. The molecule has 340 valence electrons. The van der Waals surface area contributed by atoms with Crippen LogP contribution >= 0.6 is 0 Å². The Balaban J connectivity index is 0.000000103. The first-order valence-electron chi connectivity index (χ1n) is 26.8. The fourth-order valence-corrected chi connectivity index (χ4v) is 16.4. The zero-order valence-corrected chi connectivity index (χ0v) is 40.7. The van der Waals surface area contributed by atoms with E-state index in [4.69, 9.17) is 0 Å². The molecule has 13 unspecified atom stereocenters. The molecule has 6 nitrogen and oxygen atoms in total. The van der Waals surface area contributed by atoms with Crippen molar-refractivity contribution < 1.29 is 0 Å². The van der Waals surface area contributed by atoms with Gasteiger partial charge in [-0.05, 0) is 219 Å². The molecular weight excluding hydrogens is 721 g/mol. The Hall–Kier alpha value is -0.240. The highest BCUT2D eigenvalue weighted by atomic mass is 15.3. The molecule has 6 heteroatoms. The normalized spacial score (nSPS) is 43.2. The second-order valence-electron chi connectivity index (χ2n) is 24.7. The summed E-state index contributed by atoms with van der Waals surface area (Å²) >= 11 is 0. The molecule has 0 aromatic heterocycles. The summed E-state index contributed by atoms with van der Waals surface area (Å²) in [6.45, 7) is 32.9. The van der Waals surface area contributed by atoms with Crippen LogP contribution in [0.1, 0.15) is 185 Å². The highest BCUT2D eigenvalue weighted by Gasteiger charge is 2.65. The van der Waals surface area contributed by atoms with Gasteiger partial charge in [0.2, 0.25) is 0 Å². The minimum atomic E-state index is 0.747. The van der Waals surface area contributed by atoms with Gasteiger partial charge in [-0.25, -0.2) is 0 Å². The van der Waals surface area contributed by atoms with Crippen molar-refractivity contribution in [3.05, 3.63) is 0 Å². The lowest BCUT2D eigenvalue weighted by molar-refractivity contribution is 0.00285. The maximum absolute atomic E-state index is 3.50. The van der Waals surface area contributed by atoms with Crippen molar-refractivity contribution in [1.29, 1.82) is 0 Å². The van der Waals surface area contributed by atoms with Crippen molar-refractivity contribution >= 4 is 0 Å². The molecule has 1 spiro atoms. The van der Waals surface area contributed by atoms with E-state index in [1.54, 1.807) is 32.1 Å². The van der Waals surface area contributed by atoms with Crippen LogP contribution in [0.5, 0.6) is 0 Å². The van der Waals surface area contributed by atoms with E-state index in [1.807, 2.05) is 0 Å². The number of piperidine rings is 2. The van der Waals surface area contributed by atoms with Crippen molar-refractivity contribution in [3.63, 3.8) is 0 Å². The Bertz CT molecular complexity index is 1300. The molecule has 7 heterocycles. The Labute approximate surface area is 366 Å². The van der Waals surface area contributed by atoms with Crippen LogP contribution in [0.25, 0.3) is 0 Å². The van der Waals surface area contributed by atoms with Gasteiger partial charge >= 0.3 is 0 Å². The summed E-state index contributed by atoms with van der Waals surface area (Å²) in [7, 11) is 0. The van der Waals surface area contributed by atoms with Crippen LogP contribution in [0.4, 0.5) is 0 Å². The van der Waals surface area contributed by atoms with E-state index in [1.165, 1.54) is 129 Å². The quantitative estimate of drug-likeness (QED) is 0.297. The molecule has 1 N–H and O–H groups in total. The second-order valence-corrected chi connectivity index (χ2v) is 24.7. The van der Waals surface area contributed by atoms with Crippen LogP contribution in [0.3, 0.4) is 0 Å². The number of nitrogens with one attached hydrogen (secondary N) is 1. The van der Waals surface area contributed by atoms with Crippen LogP contribution in [0.2, 0.25) is 0 Å². The number of rotatable bonds is 5. The Kier molecular flexibility index (Phi) is 15.0. The van der Waals surface area contributed by atoms with Crippen LogP contribution < -0.4 is 5.32 Å². The second kappa shape index (κ2) is 19.5. The molecule has 0 amide bonds. The van der Waals surface area contributed by atoms with Gasteiger partial charge in [0.1, 0.15) is 0 Å². The van der Waals surface area contributed by atoms with Gasteiger partial charge < -0.3 is 10.2 Å². The Morgan fingerprint density at radius 3 is 1.53 bits per heavy atom. The summed E-state index contributed by atoms with van der Waals surface area (Å²) in [5, 5.41) is 3.50. The number of hydrogen-bond acceptors (Lipinski definition) is 6. The van der Waals surface area contributed by atoms with E-state index in [-0.39, 0.29) is 0 Å². The van der Waals surface area contributed by atoms with Gasteiger partial charge in [0.15, 0.2) is 0 Å². The lowest BCUT2D eigenvalue weighted by Crippen LogP contribution is -2.46. The van der Waals surface area contributed by atoms with Gasteiger partial charge in [-0.1, -0.05) is 12.8 Å². The zero-order chi connectivity index (χ0) is 41.6. The molecule has 7 saturated heterocycles. The topological polar surface area (TPSA) is 28.2 Å². The molecule has 6 aliphatic carbocycles. The number of nitrogens with zero attached hydrogens (tertiary/aromatic N) is 5. The SMILES string of the molecule is CC(C)N1CC2CC1CN2.CC(C)N1CC2CC3CC4CC1CC34C2.CC(C)N1CC2CCC(C2)C1.CC(C)N1CC2CCCC1C2.CC(C)N1CC2CCCC1CC2. The minimum absolute atomic E-state index is 0.747. The predicted molar refractivity (Wildman–Crippen MR) is 251 cm³/mol. The predicted octanol–water partition coefficient (Wildman–Crippen LogP) is 10.4. The van der Waals surface area contributed by atoms with Crippen molar-refractivity contribution in [2.24, 2.45) is 46.8 Å². The molecule has 0 aromatic carbocycles. The first-order chi connectivity index (χ1) is 28.3. The third-order valence-corrected chi connectivity index (χ3v) is 19.4. The summed E-state index contributed by atoms with van der Waals surface area (Å²) in [5.41, 5.74) is 0.874. The lowest BCUT2D eigenvalue weighted by Gasteiger charge is -2.48. The van der Waals surface area contributed by atoms with Crippen molar-refractivity contribution in [2.45, 2.75) is 245 Å². The molecule has 0 radical (unpaired) electrons. The Morgan fingerprint density at radius 1 is 0.390 bits per heavy atom. The van der Waals surface area contributed by atoms with Gasteiger partial charge in [0.25, 0.3) is 0 Å². The highest BCUT2D eigenvalue weighted by molar-refractivity contribution is 5.16. The van der Waals surface area contributed by atoms with E-state index in [0.29, 0.717) is 0 Å². The third kappa shape index (κ3) is 10.2. The Morgan fingerprint density at radius 2 is 0.932 bits per heavy atom. The largest absolute Gasteiger partial charge is 0.311 e. The summed E-state index contributed by atoms with van der Waals surface area (Å²) < 4.78 is 0. The van der Waals surface area contributed by atoms with Crippen molar-refractivity contribution in [2.75, 3.05) is 45.8 Å². The lowest BCUT2D eigenvalue weighted by atomic mass is 9.56. The molecule has 13 fully saturated rings. The first kappa shape index (κ1) is 45.3. The molecule has 59 heavy (non-hydrogen) atoms. The summed E-state index contributed by atoms with van der Waals surface area (Å²) in [5.74, 6) is 7.55. The first-order valence-corrected chi connectivity index (χ1v) is 26.8. The number of piperazine rings is 1. The maximum Gasteiger partial charge on any atom is 0.0239 e. The van der Waals surface area contributed by atoms with Crippen LogP contribution in [0.15, 0.2) is 0 Å². The van der Waals surface area contributed by atoms with E-state index in [0.717, 1.165) is 107 Å². The van der Waals surface area contributed by atoms with Crippen LogP contribution in [-0.4, -0.2) is 131 Å². The van der Waals surface area contributed by atoms with Gasteiger partial charge in [-0.15, -0.1) is 0 Å². The van der Waals surface area contributed by atoms with E-state index in [2.05, 4.69) is 99.1 Å². The third-order valence-electron chi connectivity index (χ3n) is 19.4. The van der Waals surface area contributed by atoms with Crippen molar-refractivity contribution in [3.8, 4) is 0 Å². The van der Waals surface area contributed by atoms with Gasteiger partial charge in [-0.2, -0.15) is 0 Å². The smallest absolute Gasteiger partial charge is 0.0239 e. The standard InChI is InChI=1S/C14H23N.C11H21N.2C10H19N.C8H16N2/c1-9(2)15-8-10-3-11-4-12-5-13(15)7-14(11,12)6-10;1-9(2)12-8-10-4-3-5-11(12)7-6-10;1-8(2)11-6-9-3-4-10(5-9)7-11;1-8(2)11-7-9-4-3-5-10(11)6-9;1-6(2)10-5-7-3-8(10)4-9-7/h9-13H,3-8H2,1-2H3;9-11H,3-8H2,1-2H3;2*8-10H,3-7H2,1-2H3;6-9H,3-5H2,1-2H3. The van der Waals surface area contributed by atoms with Gasteiger partial charge in [-0.3, -0.25) is 19.6 Å². The number of likely N-dealkylation sites (tertiary alicyclic amines) is 4. The molecule has 13 rings (SSSR count). The van der Waals surface area contributed by atoms with E-state index < -0.39 is 0 Å². The molecule has 0 aromatic rings. The number of fused-ring (bicyclic) bond motifs is 12. The van der Waals surface area contributed by atoms with Crippen molar-refractivity contribution in [1.82, 2.24) is 29.8 Å². The fraction of sp³-hybridized carbons (Fsp3) is 1.00. The van der Waals surface area contributed by atoms with Gasteiger partial charge in [0.05, 0.1) is 0 Å². The molecule has 7 aliphatic heterocycles. The van der Waals surface area contributed by atoms with Crippen LogP contribution in [-0.2, 0) is 0 Å². The minimum Gasteiger partial charge on any atom is -0.311 e. The van der Waals surface area contributed by atoms with Crippen LogP contribution in [0, 0.1) is 46.8 Å². The molecule has 13 atom stereocenters. The van der Waals surface area contributed by atoms with E-state index >= 15 is 0 Å². The molecule has 13 aliphatic rings. The van der Waals surface area contributed by atoms with Gasteiger partial charge in [0, 0.05) is 106 Å². The monoisotopic (exact) mass is 819 g/mol. The summed E-state index contributed by atoms with van der Waals surface area (Å²) in [4.78, 5) is 13.6. The maximum atomic E-state index is 3.50. The number of hydrogen-bond donors (Lipinski definition) is 1. The molecule has 6 saturated carbocycles. The zero-order valence-electron chi connectivity index (χ0n) is 40.7. The molecule has 11 bridgehead atoms. The average Bonchev–Trinajstić information content (AvgIpc) is 4.01. The average molecular weight is 819 g/mol. The summed E-state index contributed by atoms with van der Waals surface area (Å²) in [6, 6.07) is 8.37. The fourth-order valence-electron chi connectivity index (χ4n) is 16.4. The molecular formula is C53H98N6. The van der Waals surface area contributed by atoms with E-state index in [9.17, 15) is 0 Å². The summed E-state index contributed by atoms with van der Waals surface area (Å²) in [6.07, 6.45) is 27.2.